The zero-order valence-electron chi connectivity index (χ0n) is 31.1. The zero-order chi connectivity index (χ0) is 34.5. The lowest BCUT2D eigenvalue weighted by Gasteiger charge is -2.15. The van der Waals surface area contributed by atoms with Gasteiger partial charge in [-0.2, -0.15) is 0 Å². The van der Waals surface area contributed by atoms with Gasteiger partial charge in [-0.1, -0.05) is 174 Å². The molecule has 0 saturated heterocycles. The molecule has 6 heteroatoms. The van der Waals surface area contributed by atoms with Gasteiger partial charge >= 0.3 is 11.9 Å². The van der Waals surface area contributed by atoms with Gasteiger partial charge in [-0.15, -0.1) is 0 Å². The first-order chi connectivity index (χ1) is 23.0. The second-order valence-corrected chi connectivity index (χ2v) is 13.9. The van der Waals surface area contributed by atoms with Crippen LogP contribution in [0.2, 0.25) is 0 Å². The lowest BCUT2D eigenvalue weighted by molar-refractivity contribution is -0.147. The van der Waals surface area contributed by atoms with Crippen LogP contribution in [-0.2, 0) is 19.1 Å². The molecule has 0 aliphatic rings. The van der Waals surface area contributed by atoms with E-state index in [1.54, 1.807) is 0 Å². The molecular weight excluding hydrogens is 586 g/mol. The number of carbonyl (C=O) groups excluding carboxylic acids is 2. The standard InChI is InChI=1S/C41H77NO5/c1-3-5-7-9-11-13-14-15-16-17-18-19-20-22-24-26-32-36-41(46)47-38(33-29-25-23-21-12-10-8-6-4-2)34-30-27-28-31-35-39(43)42-37-40(44)45/h29,33,38H,3-28,30-32,34-37H2,1-2H3,(H,42,43)(H,44,45)/b33-29-. The molecule has 0 aromatic rings. The SMILES string of the molecule is CCCCCCCCC/C=C\C(CCCCCCC(=O)NCC(=O)O)OC(=O)CCCCCCCCCCCCCCCCCCC. The van der Waals surface area contributed by atoms with Crippen molar-refractivity contribution in [1.29, 1.82) is 0 Å². The first-order valence-electron chi connectivity index (χ1n) is 20.3. The van der Waals surface area contributed by atoms with E-state index in [0.717, 1.165) is 51.4 Å². The van der Waals surface area contributed by atoms with Crippen molar-refractivity contribution in [1.82, 2.24) is 5.32 Å². The summed E-state index contributed by atoms with van der Waals surface area (Å²) < 4.78 is 5.91. The summed E-state index contributed by atoms with van der Waals surface area (Å²) >= 11 is 0. The molecule has 0 fully saturated rings. The molecule has 0 spiro atoms. The second-order valence-electron chi connectivity index (χ2n) is 13.9. The fourth-order valence-electron chi connectivity index (χ4n) is 6.13. The predicted octanol–water partition coefficient (Wildman–Crippen LogP) is 12.2. The summed E-state index contributed by atoms with van der Waals surface area (Å²) in [5, 5.41) is 11.1. The van der Waals surface area contributed by atoms with Gasteiger partial charge in [0.1, 0.15) is 12.6 Å². The number of carboxylic acids is 1. The summed E-state index contributed by atoms with van der Waals surface area (Å²) in [5.74, 6) is -1.31. The van der Waals surface area contributed by atoms with E-state index in [9.17, 15) is 14.4 Å². The number of allylic oxidation sites excluding steroid dienone is 1. The van der Waals surface area contributed by atoms with E-state index in [0.29, 0.717) is 12.8 Å². The molecule has 0 aliphatic carbocycles. The molecular formula is C41H77NO5. The van der Waals surface area contributed by atoms with Gasteiger partial charge in [-0.3, -0.25) is 14.4 Å². The Hall–Kier alpha value is -1.85. The number of nitrogens with one attached hydrogen (secondary N) is 1. The summed E-state index contributed by atoms with van der Waals surface area (Å²) in [4.78, 5) is 34.9. The van der Waals surface area contributed by atoms with Crippen LogP contribution in [0.1, 0.15) is 219 Å². The molecule has 0 aromatic heterocycles. The molecule has 2 N–H and O–H groups in total. The minimum Gasteiger partial charge on any atom is -0.480 e. The van der Waals surface area contributed by atoms with E-state index in [1.807, 2.05) is 0 Å². The third-order valence-corrected chi connectivity index (χ3v) is 9.17. The molecule has 0 heterocycles. The van der Waals surface area contributed by atoms with Gasteiger partial charge in [0, 0.05) is 12.8 Å². The van der Waals surface area contributed by atoms with Crippen LogP contribution < -0.4 is 5.32 Å². The predicted molar refractivity (Wildman–Crippen MR) is 199 cm³/mol. The normalized spacial score (nSPS) is 12.0. The number of aliphatic carboxylic acids is 1. The van der Waals surface area contributed by atoms with E-state index < -0.39 is 5.97 Å². The molecule has 0 aliphatic heterocycles. The van der Waals surface area contributed by atoms with Gasteiger partial charge in [-0.05, 0) is 44.6 Å². The van der Waals surface area contributed by atoms with E-state index in [1.165, 1.54) is 141 Å². The topological polar surface area (TPSA) is 92.7 Å². The molecule has 276 valence electrons. The highest BCUT2D eigenvalue weighted by Crippen LogP contribution is 2.17. The van der Waals surface area contributed by atoms with E-state index in [2.05, 4.69) is 31.3 Å². The third kappa shape index (κ3) is 36.8. The van der Waals surface area contributed by atoms with Gasteiger partial charge in [0.05, 0.1) is 0 Å². The molecule has 0 aromatic carbocycles. The van der Waals surface area contributed by atoms with Crippen LogP contribution in [0.25, 0.3) is 0 Å². The van der Waals surface area contributed by atoms with Gasteiger partial charge in [0.15, 0.2) is 0 Å². The van der Waals surface area contributed by atoms with Crippen LogP contribution in [0, 0.1) is 0 Å². The van der Waals surface area contributed by atoms with Crippen LogP contribution >= 0.6 is 0 Å². The quantitative estimate of drug-likeness (QED) is 0.0392. The van der Waals surface area contributed by atoms with Crippen LogP contribution in [0.5, 0.6) is 0 Å². The number of ether oxygens (including phenoxy) is 1. The maximum atomic E-state index is 12.7. The van der Waals surface area contributed by atoms with Gasteiger partial charge in [0.25, 0.3) is 0 Å². The number of rotatable bonds is 37. The average Bonchev–Trinajstić information content (AvgIpc) is 3.05. The fourth-order valence-corrected chi connectivity index (χ4v) is 6.13. The molecule has 0 bridgehead atoms. The Morgan fingerprint density at radius 1 is 0.553 bits per heavy atom. The monoisotopic (exact) mass is 664 g/mol. The Morgan fingerprint density at radius 2 is 0.957 bits per heavy atom. The van der Waals surface area contributed by atoms with Crippen LogP contribution in [0.4, 0.5) is 0 Å². The third-order valence-electron chi connectivity index (χ3n) is 9.17. The molecule has 1 atom stereocenters. The highest BCUT2D eigenvalue weighted by molar-refractivity contribution is 5.80. The molecule has 0 rings (SSSR count). The first kappa shape index (κ1) is 45.2. The molecule has 0 radical (unpaired) electrons. The maximum absolute atomic E-state index is 12.7. The number of esters is 1. The number of unbranched alkanes of at least 4 members (excludes halogenated alkanes) is 26. The molecule has 1 unspecified atom stereocenters. The van der Waals surface area contributed by atoms with Gasteiger partial charge in [0.2, 0.25) is 5.91 Å². The number of carboxylic acid groups (broad SMARTS) is 1. The van der Waals surface area contributed by atoms with Crippen molar-refractivity contribution < 1.29 is 24.2 Å². The Kier molecular flexibility index (Phi) is 35.5. The van der Waals surface area contributed by atoms with Crippen molar-refractivity contribution in [2.45, 2.75) is 225 Å². The highest BCUT2D eigenvalue weighted by Gasteiger charge is 2.12. The van der Waals surface area contributed by atoms with E-state index >= 15 is 0 Å². The lowest BCUT2D eigenvalue weighted by atomic mass is 10.0. The Balaban J connectivity index is 4.07. The number of hydrogen-bond acceptors (Lipinski definition) is 4. The summed E-state index contributed by atoms with van der Waals surface area (Å²) in [6.07, 6.45) is 42.1. The smallest absolute Gasteiger partial charge is 0.322 e. The maximum Gasteiger partial charge on any atom is 0.322 e. The van der Waals surface area contributed by atoms with Crippen molar-refractivity contribution in [3.05, 3.63) is 12.2 Å². The van der Waals surface area contributed by atoms with Crippen molar-refractivity contribution >= 4 is 17.8 Å². The van der Waals surface area contributed by atoms with Crippen LogP contribution in [0.15, 0.2) is 12.2 Å². The van der Waals surface area contributed by atoms with Gasteiger partial charge < -0.3 is 15.2 Å². The van der Waals surface area contributed by atoms with Crippen LogP contribution in [-0.4, -0.2) is 35.6 Å². The Labute approximate surface area is 291 Å². The summed E-state index contributed by atoms with van der Waals surface area (Å²) in [7, 11) is 0. The minimum atomic E-state index is -1.02. The van der Waals surface area contributed by atoms with Crippen LogP contribution in [0.3, 0.4) is 0 Å². The molecule has 1 amide bonds. The minimum absolute atomic E-state index is 0.0772. The number of hydrogen-bond donors (Lipinski definition) is 2. The van der Waals surface area contributed by atoms with Gasteiger partial charge in [-0.25, -0.2) is 0 Å². The number of carbonyl (C=O) groups is 3. The molecule has 6 nitrogen and oxygen atoms in total. The number of amides is 1. The van der Waals surface area contributed by atoms with Crippen molar-refractivity contribution in [2.24, 2.45) is 0 Å². The average molecular weight is 664 g/mol. The largest absolute Gasteiger partial charge is 0.480 e. The molecule has 47 heavy (non-hydrogen) atoms. The lowest BCUT2D eigenvalue weighted by Crippen LogP contribution is -2.28. The first-order valence-corrected chi connectivity index (χ1v) is 20.3. The second kappa shape index (κ2) is 37.0. The van der Waals surface area contributed by atoms with Crippen molar-refractivity contribution in [2.75, 3.05) is 6.54 Å². The van der Waals surface area contributed by atoms with Crippen molar-refractivity contribution in [3.63, 3.8) is 0 Å². The van der Waals surface area contributed by atoms with Crippen molar-refractivity contribution in [3.8, 4) is 0 Å². The molecule has 0 saturated carbocycles. The van der Waals surface area contributed by atoms with E-state index in [-0.39, 0.29) is 24.5 Å². The fraction of sp³-hybridized carbons (Fsp3) is 0.878. The Bertz CT molecular complexity index is 737. The highest BCUT2D eigenvalue weighted by atomic mass is 16.5. The Morgan fingerprint density at radius 3 is 1.43 bits per heavy atom. The van der Waals surface area contributed by atoms with E-state index in [4.69, 9.17) is 9.84 Å². The summed E-state index contributed by atoms with van der Waals surface area (Å²) in [6.45, 7) is 4.21. The zero-order valence-corrected chi connectivity index (χ0v) is 31.1. The summed E-state index contributed by atoms with van der Waals surface area (Å²) in [6, 6.07) is 0. The summed E-state index contributed by atoms with van der Waals surface area (Å²) in [5.41, 5.74) is 0.